The van der Waals surface area contributed by atoms with Crippen molar-refractivity contribution < 1.29 is 8.42 Å². The molecule has 0 aliphatic heterocycles. The third-order valence-corrected chi connectivity index (χ3v) is 4.83. The van der Waals surface area contributed by atoms with Gasteiger partial charge in [0.2, 0.25) is 10.0 Å². The van der Waals surface area contributed by atoms with Crippen LogP contribution in [0.5, 0.6) is 0 Å². The molecule has 3 N–H and O–H groups in total. The molecule has 0 amide bonds. The molecule has 0 saturated heterocycles. The molecule has 0 bridgehead atoms. The van der Waals surface area contributed by atoms with Gasteiger partial charge in [-0.15, -0.1) is 0 Å². The van der Waals surface area contributed by atoms with Gasteiger partial charge in [-0.1, -0.05) is 41.9 Å². The van der Waals surface area contributed by atoms with Gasteiger partial charge in [0.15, 0.2) is 0 Å². The Morgan fingerprint density at radius 1 is 1.23 bits per heavy atom. The molecule has 0 aromatic heterocycles. The van der Waals surface area contributed by atoms with Crippen LogP contribution >= 0.6 is 11.6 Å². The number of halogens is 1. The fourth-order valence-corrected chi connectivity index (χ4v) is 3.23. The van der Waals surface area contributed by atoms with Gasteiger partial charge in [0.05, 0.1) is 15.5 Å². The van der Waals surface area contributed by atoms with E-state index in [0.29, 0.717) is 0 Å². The Balaban J connectivity index is 2.12. The van der Waals surface area contributed by atoms with Crippen molar-refractivity contribution in [2.24, 2.45) is 5.73 Å². The maximum absolute atomic E-state index is 12.2. The summed E-state index contributed by atoms with van der Waals surface area (Å²) in [6.45, 7) is 0.0595. The highest BCUT2D eigenvalue weighted by molar-refractivity contribution is 7.89. The van der Waals surface area contributed by atoms with Crippen LogP contribution < -0.4 is 10.5 Å². The monoisotopic (exact) mass is 335 g/mol. The molecule has 114 valence electrons. The average Bonchev–Trinajstić information content (AvgIpc) is 2.53. The van der Waals surface area contributed by atoms with Crippen LogP contribution in [-0.2, 0) is 10.0 Å². The Labute approximate surface area is 134 Å². The summed E-state index contributed by atoms with van der Waals surface area (Å²) in [5, 5.41) is 8.89. The van der Waals surface area contributed by atoms with Crippen LogP contribution in [0, 0.1) is 11.3 Å². The molecular formula is C15H14ClN3O2S. The average molecular weight is 336 g/mol. The molecule has 5 nitrogen and oxygen atoms in total. The summed E-state index contributed by atoms with van der Waals surface area (Å²) in [6.07, 6.45) is 0. The van der Waals surface area contributed by atoms with Crippen LogP contribution in [-0.4, -0.2) is 15.0 Å². The largest absolute Gasteiger partial charge is 0.323 e. The molecular weight excluding hydrogens is 322 g/mol. The van der Waals surface area contributed by atoms with Gasteiger partial charge in [0, 0.05) is 12.6 Å². The number of nitrogens with zero attached hydrogens (tertiary/aromatic N) is 1. The second-order valence-corrected chi connectivity index (χ2v) is 6.80. The molecule has 1 atom stereocenters. The lowest BCUT2D eigenvalue weighted by Crippen LogP contribution is -2.32. The van der Waals surface area contributed by atoms with E-state index in [0.717, 1.165) is 5.56 Å². The maximum Gasteiger partial charge on any atom is 0.240 e. The number of nitrogens with two attached hydrogens (primary N) is 1. The lowest BCUT2D eigenvalue weighted by Gasteiger charge is -2.13. The number of hydrogen-bond donors (Lipinski definition) is 2. The summed E-state index contributed by atoms with van der Waals surface area (Å²) < 4.78 is 26.9. The van der Waals surface area contributed by atoms with E-state index < -0.39 is 16.1 Å². The fourth-order valence-electron chi connectivity index (χ4n) is 1.85. The highest BCUT2D eigenvalue weighted by Gasteiger charge is 2.17. The van der Waals surface area contributed by atoms with E-state index in [1.807, 2.05) is 36.4 Å². The van der Waals surface area contributed by atoms with E-state index in [1.54, 1.807) is 0 Å². The third-order valence-electron chi connectivity index (χ3n) is 3.09. The molecule has 0 saturated carbocycles. The molecule has 22 heavy (non-hydrogen) atoms. The fraction of sp³-hybridized carbons (Fsp3) is 0.133. The van der Waals surface area contributed by atoms with E-state index >= 15 is 0 Å². The molecule has 0 fully saturated rings. The Kier molecular flexibility index (Phi) is 5.16. The first-order valence-corrected chi connectivity index (χ1v) is 8.30. The van der Waals surface area contributed by atoms with E-state index in [1.165, 1.54) is 18.2 Å². The molecule has 0 heterocycles. The van der Waals surface area contributed by atoms with Crippen molar-refractivity contribution in [3.8, 4) is 6.07 Å². The minimum absolute atomic E-state index is 0.00300. The Bertz CT molecular complexity index is 801. The van der Waals surface area contributed by atoms with Crippen molar-refractivity contribution in [2.75, 3.05) is 6.54 Å². The molecule has 2 aromatic rings. The second kappa shape index (κ2) is 6.90. The highest BCUT2D eigenvalue weighted by atomic mass is 35.5. The predicted octanol–water partition coefficient (Wildman–Crippen LogP) is 2.19. The van der Waals surface area contributed by atoms with Crippen LogP contribution in [0.2, 0.25) is 5.02 Å². The number of benzene rings is 2. The van der Waals surface area contributed by atoms with Crippen LogP contribution in [0.3, 0.4) is 0 Å². The minimum atomic E-state index is -3.73. The summed E-state index contributed by atoms with van der Waals surface area (Å²) in [5.74, 6) is 0. The first-order valence-electron chi connectivity index (χ1n) is 6.44. The van der Waals surface area contributed by atoms with Crippen molar-refractivity contribution in [3.05, 3.63) is 64.7 Å². The molecule has 0 radical (unpaired) electrons. The van der Waals surface area contributed by atoms with Gasteiger partial charge < -0.3 is 5.73 Å². The number of hydrogen-bond acceptors (Lipinski definition) is 4. The van der Waals surface area contributed by atoms with Gasteiger partial charge in [-0.2, -0.15) is 5.26 Å². The van der Waals surface area contributed by atoms with Gasteiger partial charge in [-0.05, 0) is 23.8 Å². The van der Waals surface area contributed by atoms with Crippen LogP contribution in [0.25, 0.3) is 0 Å². The first kappa shape index (κ1) is 16.5. The van der Waals surface area contributed by atoms with Crippen molar-refractivity contribution in [3.63, 3.8) is 0 Å². The Morgan fingerprint density at radius 2 is 1.91 bits per heavy atom. The van der Waals surface area contributed by atoms with E-state index in [-0.39, 0.29) is 22.0 Å². The Morgan fingerprint density at radius 3 is 2.50 bits per heavy atom. The van der Waals surface area contributed by atoms with E-state index in [4.69, 9.17) is 22.6 Å². The lowest BCUT2D eigenvalue weighted by atomic mass is 10.1. The van der Waals surface area contributed by atoms with Crippen molar-refractivity contribution >= 4 is 21.6 Å². The number of nitriles is 1. The number of nitrogens with one attached hydrogen (secondary N) is 1. The summed E-state index contributed by atoms with van der Waals surface area (Å²) in [5.41, 5.74) is 7.02. The quantitative estimate of drug-likeness (QED) is 0.875. The molecule has 0 spiro atoms. The van der Waals surface area contributed by atoms with E-state index in [2.05, 4.69) is 4.72 Å². The van der Waals surface area contributed by atoms with Crippen LogP contribution in [0.4, 0.5) is 0 Å². The number of sulfonamides is 1. The summed E-state index contributed by atoms with van der Waals surface area (Å²) in [4.78, 5) is -0.00300. The Hall–Kier alpha value is -1.91. The van der Waals surface area contributed by atoms with Gasteiger partial charge >= 0.3 is 0 Å². The predicted molar refractivity (Wildman–Crippen MR) is 84.7 cm³/mol. The second-order valence-electron chi connectivity index (χ2n) is 4.62. The molecule has 7 heteroatoms. The third kappa shape index (κ3) is 3.84. The molecule has 0 aliphatic carbocycles. The van der Waals surface area contributed by atoms with Crippen LogP contribution in [0.1, 0.15) is 17.2 Å². The van der Waals surface area contributed by atoms with Crippen molar-refractivity contribution in [2.45, 2.75) is 10.9 Å². The summed E-state index contributed by atoms with van der Waals surface area (Å²) >= 11 is 5.85. The van der Waals surface area contributed by atoms with Gasteiger partial charge in [-0.3, -0.25) is 0 Å². The molecule has 0 aliphatic rings. The van der Waals surface area contributed by atoms with Gasteiger partial charge in [0.25, 0.3) is 0 Å². The lowest BCUT2D eigenvalue weighted by molar-refractivity contribution is 0.572. The summed E-state index contributed by atoms with van der Waals surface area (Å²) in [6, 6.07) is 14.6. The smallest absolute Gasteiger partial charge is 0.240 e. The SMILES string of the molecule is N#Cc1ccc(S(=O)(=O)NC[C@@H](N)c2ccccc2)cc1Cl. The van der Waals surface area contributed by atoms with Gasteiger partial charge in [-0.25, -0.2) is 13.1 Å². The van der Waals surface area contributed by atoms with Crippen molar-refractivity contribution in [1.29, 1.82) is 5.26 Å². The molecule has 0 unspecified atom stereocenters. The normalized spacial score (nSPS) is 12.6. The van der Waals surface area contributed by atoms with Gasteiger partial charge in [0.1, 0.15) is 6.07 Å². The van der Waals surface area contributed by atoms with Crippen molar-refractivity contribution in [1.82, 2.24) is 4.72 Å². The molecule has 2 aromatic carbocycles. The van der Waals surface area contributed by atoms with Crippen LogP contribution in [0.15, 0.2) is 53.4 Å². The zero-order valence-corrected chi connectivity index (χ0v) is 13.1. The summed E-state index contributed by atoms with van der Waals surface area (Å²) in [7, 11) is -3.73. The highest BCUT2D eigenvalue weighted by Crippen LogP contribution is 2.20. The van der Waals surface area contributed by atoms with E-state index in [9.17, 15) is 8.42 Å². The molecule has 2 rings (SSSR count). The number of rotatable bonds is 5. The first-order chi connectivity index (χ1) is 10.4. The minimum Gasteiger partial charge on any atom is -0.323 e. The zero-order chi connectivity index (χ0) is 16.2. The standard InChI is InChI=1S/C15H14ClN3O2S/c16-14-8-13(7-6-12(14)9-17)22(20,21)19-10-15(18)11-4-2-1-3-5-11/h1-8,15,19H,10,18H2/t15-/m1/s1. The topological polar surface area (TPSA) is 96.0 Å². The zero-order valence-electron chi connectivity index (χ0n) is 11.5. The maximum atomic E-state index is 12.2.